The average molecular weight is 356 g/mol. The molecule has 3 heterocycles. The number of nitrogens with one attached hydrogen (secondary N) is 1. The first kappa shape index (κ1) is 15.8. The first-order chi connectivity index (χ1) is 12.2. The Labute approximate surface area is 148 Å². The fourth-order valence-corrected chi connectivity index (χ4v) is 3.39. The number of fused-ring (bicyclic) bond motifs is 1. The van der Waals surface area contributed by atoms with Crippen LogP contribution in [0.3, 0.4) is 0 Å². The molecule has 0 bridgehead atoms. The molecular weight excluding hydrogens is 340 g/mol. The van der Waals surface area contributed by atoms with Crippen LogP contribution in [0.2, 0.25) is 0 Å². The highest BCUT2D eigenvalue weighted by Crippen LogP contribution is 2.35. The zero-order valence-electron chi connectivity index (χ0n) is 13.5. The van der Waals surface area contributed by atoms with Gasteiger partial charge in [-0.15, -0.1) is 10.2 Å². The van der Waals surface area contributed by atoms with Crippen molar-refractivity contribution in [1.82, 2.24) is 19.7 Å². The quantitative estimate of drug-likeness (QED) is 0.559. The fraction of sp³-hybridized carbons (Fsp3) is 0.235. The van der Waals surface area contributed by atoms with Gasteiger partial charge in [-0.25, -0.2) is 0 Å². The van der Waals surface area contributed by atoms with Crippen LogP contribution in [0.4, 0.5) is 0 Å². The fourth-order valence-electron chi connectivity index (χ4n) is 2.59. The van der Waals surface area contributed by atoms with Gasteiger partial charge < -0.3 is 19.0 Å². The number of para-hydroxylation sites is 2. The number of benzene rings is 1. The maximum Gasteiger partial charge on any atom is 0.192 e. The molecule has 0 fully saturated rings. The molecule has 1 N–H and O–H groups in total. The molecule has 1 aliphatic rings. The van der Waals surface area contributed by atoms with E-state index in [9.17, 15) is 4.79 Å². The first-order valence-corrected chi connectivity index (χ1v) is 8.78. The maximum absolute atomic E-state index is 12.1. The number of nitrogens with zero attached hydrogens (tertiary/aromatic N) is 3. The number of hydrogen-bond acceptors (Lipinski definition) is 6. The molecule has 7 nitrogen and oxygen atoms in total. The molecule has 0 aliphatic carbocycles. The zero-order chi connectivity index (χ0) is 17.2. The number of hydrogen-bond donors (Lipinski definition) is 1. The molecule has 0 amide bonds. The van der Waals surface area contributed by atoms with Crippen LogP contribution in [0.5, 0.6) is 11.5 Å². The van der Waals surface area contributed by atoms with Gasteiger partial charge in [0.05, 0.1) is 11.4 Å². The van der Waals surface area contributed by atoms with Crippen LogP contribution in [0.25, 0.3) is 0 Å². The van der Waals surface area contributed by atoms with Crippen molar-refractivity contribution in [3.05, 3.63) is 54.1 Å². The van der Waals surface area contributed by atoms with Gasteiger partial charge in [0.1, 0.15) is 6.61 Å². The molecule has 1 aromatic carbocycles. The van der Waals surface area contributed by atoms with Crippen LogP contribution in [0, 0.1) is 0 Å². The summed E-state index contributed by atoms with van der Waals surface area (Å²) < 4.78 is 13.5. The molecule has 0 radical (unpaired) electrons. The van der Waals surface area contributed by atoms with Gasteiger partial charge in [0.2, 0.25) is 0 Å². The van der Waals surface area contributed by atoms with Gasteiger partial charge in [-0.05, 0) is 24.3 Å². The van der Waals surface area contributed by atoms with Gasteiger partial charge in [-0.3, -0.25) is 4.79 Å². The number of H-pyrrole nitrogens is 1. The smallest absolute Gasteiger partial charge is 0.192 e. The number of rotatable bonds is 5. The molecule has 4 rings (SSSR count). The summed E-state index contributed by atoms with van der Waals surface area (Å²) in [4.78, 5) is 15.0. The number of ether oxygens (including phenoxy) is 2. The van der Waals surface area contributed by atoms with E-state index in [1.165, 1.54) is 11.8 Å². The molecule has 0 spiro atoms. The van der Waals surface area contributed by atoms with Crippen LogP contribution < -0.4 is 9.47 Å². The van der Waals surface area contributed by atoms with Crippen molar-refractivity contribution in [2.45, 2.75) is 11.3 Å². The molecule has 8 heteroatoms. The third kappa shape index (κ3) is 3.12. The van der Waals surface area contributed by atoms with Crippen LogP contribution in [-0.4, -0.2) is 37.9 Å². The summed E-state index contributed by atoms with van der Waals surface area (Å²) in [5.74, 6) is 2.40. The van der Waals surface area contributed by atoms with Crippen molar-refractivity contribution >= 4 is 17.5 Å². The Morgan fingerprint density at radius 2 is 2.12 bits per heavy atom. The predicted molar refractivity (Wildman–Crippen MR) is 92.2 cm³/mol. The van der Waals surface area contributed by atoms with Crippen LogP contribution >= 0.6 is 11.8 Å². The lowest BCUT2D eigenvalue weighted by molar-refractivity contribution is 0.0825. The largest absolute Gasteiger partial charge is 0.485 e. The van der Waals surface area contributed by atoms with Gasteiger partial charge in [-0.2, -0.15) is 0 Å². The predicted octanol–water partition coefficient (Wildman–Crippen LogP) is 2.63. The minimum atomic E-state index is -0.333. The standard InChI is InChI=1S/C17H16N4O3S/c1-21-16(15-9-23-13-6-2-3-7-14(13)24-15)19-20-17(21)25-10-12(22)11-5-4-8-18-11/h2-8,15,18H,9-10H2,1H3/t15-/m1/s1. The van der Waals surface area contributed by atoms with Gasteiger partial charge in [0.15, 0.2) is 34.4 Å². The summed E-state index contributed by atoms with van der Waals surface area (Å²) in [6.07, 6.45) is 1.40. The number of Topliss-reactive ketones (excluding diaryl/α,β-unsaturated/α-hetero) is 1. The second-order valence-corrected chi connectivity index (χ2v) is 6.50. The molecule has 1 aliphatic heterocycles. The molecule has 1 atom stereocenters. The Morgan fingerprint density at radius 3 is 2.92 bits per heavy atom. The minimum Gasteiger partial charge on any atom is -0.485 e. The van der Waals surface area contributed by atoms with E-state index in [0.29, 0.717) is 29.0 Å². The Balaban J connectivity index is 1.45. The number of carbonyl (C=O) groups is 1. The highest BCUT2D eigenvalue weighted by molar-refractivity contribution is 7.99. The van der Waals surface area contributed by atoms with Crippen molar-refractivity contribution in [3.63, 3.8) is 0 Å². The summed E-state index contributed by atoms with van der Waals surface area (Å²) in [5.41, 5.74) is 0.593. The minimum absolute atomic E-state index is 0.0192. The number of aromatic nitrogens is 4. The second kappa shape index (κ2) is 6.64. The van der Waals surface area contributed by atoms with Gasteiger partial charge in [0.25, 0.3) is 0 Å². The summed E-state index contributed by atoms with van der Waals surface area (Å²) in [5, 5.41) is 9.06. The summed E-state index contributed by atoms with van der Waals surface area (Å²) in [6.45, 7) is 0.370. The number of aromatic amines is 1. The summed E-state index contributed by atoms with van der Waals surface area (Å²) >= 11 is 1.35. The van der Waals surface area contributed by atoms with Crippen molar-refractivity contribution < 1.29 is 14.3 Å². The Bertz CT molecular complexity index is 891. The monoisotopic (exact) mass is 356 g/mol. The number of carbonyl (C=O) groups excluding carboxylic acids is 1. The first-order valence-electron chi connectivity index (χ1n) is 7.79. The third-order valence-corrected chi connectivity index (χ3v) is 4.92. The van der Waals surface area contributed by atoms with Crippen LogP contribution in [0.15, 0.2) is 47.8 Å². The molecular formula is C17H16N4O3S. The normalized spacial score (nSPS) is 16.0. The maximum atomic E-state index is 12.1. The van der Waals surface area contributed by atoms with Crippen molar-refractivity contribution in [2.75, 3.05) is 12.4 Å². The van der Waals surface area contributed by atoms with E-state index >= 15 is 0 Å². The van der Waals surface area contributed by atoms with Gasteiger partial charge in [-0.1, -0.05) is 23.9 Å². The lowest BCUT2D eigenvalue weighted by Gasteiger charge is -2.25. The lowest BCUT2D eigenvalue weighted by Crippen LogP contribution is -2.24. The SMILES string of the molecule is Cn1c(SCC(=O)c2ccc[nH]2)nnc1[C@H]1COc2ccccc2O1. The van der Waals surface area contributed by atoms with E-state index < -0.39 is 0 Å². The van der Waals surface area contributed by atoms with E-state index in [2.05, 4.69) is 15.2 Å². The second-order valence-electron chi connectivity index (χ2n) is 5.56. The highest BCUT2D eigenvalue weighted by atomic mass is 32.2. The van der Waals surface area contributed by atoms with Crippen molar-refractivity contribution in [3.8, 4) is 11.5 Å². The van der Waals surface area contributed by atoms with Crippen LogP contribution in [-0.2, 0) is 7.05 Å². The highest BCUT2D eigenvalue weighted by Gasteiger charge is 2.27. The molecule has 3 aromatic rings. The van der Waals surface area contributed by atoms with Crippen LogP contribution in [0.1, 0.15) is 22.4 Å². The number of ketones is 1. The molecule has 0 unspecified atom stereocenters. The summed E-state index contributed by atoms with van der Waals surface area (Å²) in [6, 6.07) is 11.1. The molecule has 2 aromatic heterocycles. The zero-order valence-corrected chi connectivity index (χ0v) is 14.3. The Morgan fingerprint density at radius 1 is 1.28 bits per heavy atom. The van der Waals surface area contributed by atoms with E-state index in [4.69, 9.17) is 9.47 Å². The molecule has 0 saturated carbocycles. The molecule has 128 valence electrons. The van der Waals surface area contributed by atoms with Gasteiger partial charge >= 0.3 is 0 Å². The number of thioether (sulfide) groups is 1. The van der Waals surface area contributed by atoms with Crippen molar-refractivity contribution in [2.24, 2.45) is 7.05 Å². The van der Waals surface area contributed by atoms with Crippen molar-refractivity contribution in [1.29, 1.82) is 0 Å². The topological polar surface area (TPSA) is 82.0 Å². The summed E-state index contributed by atoms with van der Waals surface area (Å²) in [7, 11) is 1.86. The van der Waals surface area contributed by atoms with E-state index in [0.717, 1.165) is 5.75 Å². The lowest BCUT2D eigenvalue weighted by atomic mass is 10.2. The van der Waals surface area contributed by atoms with Gasteiger partial charge in [0, 0.05) is 13.2 Å². The Hall–Kier alpha value is -2.74. The molecule has 0 saturated heterocycles. The van der Waals surface area contributed by atoms with E-state index in [1.54, 1.807) is 18.3 Å². The van der Waals surface area contributed by atoms with E-state index in [1.807, 2.05) is 35.9 Å². The van der Waals surface area contributed by atoms with E-state index in [-0.39, 0.29) is 17.6 Å². The molecule has 25 heavy (non-hydrogen) atoms. The average Bonchev–Trinajstić information content (AvgIpc) is 3.29. The Kier molecular flexibility index (Phi) is 4.19. The third-order valence-electron chi connectivity index (χ3n) is 3.90.